The van der Waals surface area contributed by atoms with E-state index in [0.29, 0.717) is 18.9 Å². The molecule has 0 aliphatic carbocycles. The van der Waals surface area contributed by atoms with Gasteiger partial charge < -0.3 is 9.47 Å². The van der Waals surface area contributed by atoms with Gasteiger partial charge in [-0.15, -0.1) is 0 Å². The van der Waals surface area contributed by atoms with Crippen molar-refractivity contribution in [1.82, 2.24) is 9.97 Å². The van der Waals surface area contributed by atoms with Gasteiger partial charge in [-0.25, -0.2) is 14.8 Å². The van der Waals surface area contributed by atoms with Gasteiger partial charge in [0, 0.05) is 24.4 Å². The van der Waals surface area contributed by atoms with Crippen molar-refractivity contribution in [2.24, 2.45) is 0 Å². The summed E-state index contributed by atoms with van der Waals surface area (Å²) >= 11 is 1.60. The maximum Gasteiger partial charge on any atom is 0.338 e. The van der Waals surface area contributed by atoms with Crippen molar-refractivity contribution in [3.63, 3.8) is 0 Å². The highest BCUT2D eigenvalue weighted by Crippen LogP contribution is 2.46. The predicted octanol–water partition coefficient (Wildman–Crippen LogP) is 5.03. The molecular formula is C23H21N3O3S. The topological polar surface area (TPSA) is 64.5 Å². The molecule has 0 amide bonds. The average molecular weight is 420 g/mol. The summed E-state index contributed by atoms with van der Waals surface area (Å²) < 4.78 is 10.4. The lowest BCUT2D eigenvalue weighted by atomic mass is 10.1. The molecule has 0 saturated heterocycles. The van der Waals surface area contributed by atoms with Crippen LogP contribution < -0.4 is 4.90 Å². The Bertz CT molecular complexity index is 1080. The molecule has 2 heterocycles. The summed E-state index contributed by atoms with van der Waals surface area (Å²) in [5.41, 5.74) is 3.64. The smallest absolute Gasteiger partial charge is 0.338 e. The summed E-state index contributed by atoms with van der Waals surface area (Å²) in [6.45, 7) is 2.56. The molecule has 0 bridgehead atoms. The van der Waals surface area contributed by atoms with Gasteiger partial charge in [0.05, 0.1) is 17.9 Å². The Morgan fingerprint density at radius 3 is 2.57 bits per heavy atom. The largest absolute Gasteiger partial charge is 0.462 e. The van der Waals surface area contributed by atoms with Crippen molar-refractivity contribution in [1.29, 1.82) is 0 Å². The van der Waals surface area contributed by atoms with Crippen molar-refractivity contribution < 1.29 is 14.3 Å². The molecule has 4 rings (SSSR count). The molecule has 2 aromatic carbocycles. The van der Waals surface area contributed by atoms with E-state index in [1.807, 2.05) is 29.2 Å². The Balaban J connectivity index is 1.57. The second-order valence-corrected chi connectivity index (χ2v) is 7.57. The van der Waals surface area contributed by atoms with Crippen LogP contribution in [0.15, 0.2) is 64.8 Å². The van der Waals surface area contributed by atoms with Crippen LogP contribution in [0.5, 0.6) is 0 Å². The molecule has 0 radical (unpaired) electrons. The number of fused-ring (bicyclic) bond motifs is 2. The van der Waals surface area contributed by atoms with E-state index in [4.69, 9.17) is 9.47 Å². The summed E-state index contributed by atoms with van der Waals surface area (Å²) in [5.74, 6) is 0.495. The fourth-order valence-corrected chi connectivity index (χ4v) is 4.11. The van der Waals surface area contributed by atoms with E-state index in [0.717, 1.165) is 32.6 Å². The number of anilines is 2. The number of carbonyl (C=O) groups is 1. The number of carbonyl (C=O) groups excluding carboxylic acids is 1. The molecule has 0 unspecified atom stereocenters. The van der Waals surface area contributed by atoms with Gasteiger partial charge in [-0.1, -0.05) is 42.1 Å². The Labute approximate surface area is 179 Å². The zero-order valence-electron chi connectivity index (χ0n) is 16.7. The van der Waals surface area contributed by atoms with E-state index < -0.39 is 0 Å². The number of nitrogens with zero attached hydrogens (tertiary/aromatic N) is 3. The first-order chi connectivity index (χ1) is 14.7. The van der Waals surface area contributed by atoms with Crippen LogP contribution in [0, 0.1) is 0 Å². The van der Waals surface area contributed by atoms with E-state index in [9.17, 15) is 4.79 Å². The third kappa shape index (κ3) is 4.22. The summed E-state index contributed by atoms with van der Waals surface area (Å²) in [4.78, 5) is 23.8. The number of aromatic nitrogens is 2. The molecule has 1 aliphatic heterocycles. The van der Waals surface area contributed by atoms with Crippen LogP contribution in [0.1, 0.15) is 28.4 Å². The fraction of sp³-hybridized carbons (Fsp3) is 0.174. The maximum absolute atomic E-state index is 11.8. The minimum Gasteiger partial charge on any atom is -0.462 e. The molecule has 152 valence electrons. The maximum atomic E-state index is 11.8. The van der Waals surface area contributed by atoms with Crippen LogP contribution >= 0.6 is 11.8 Å². The molecule has 7 heteroatoms. The standard InChI is InChI=1S/C23H21N3O3S/c1-3-29-23(27)18-9-6-16(7-10-18)4-5-17-8-11-20-19(14-17)26(15-28-2)21-22(30-20)25-13-12-24-21/h4-14H,3,15H2,1-2H3/b5-4+. The van der Waals surface area contributed by atoms with Crippen LogP contribution in [0.25, 0.3) is 12.2 Å². The van der Waals surface area contributed by atoms with E-state index >= 15 is 0 Å². The van der Waals surface area contributed by atoms with E-state index in [2.05, 4.69) is 28.2 Å². The van der Waals surface area contributed by atoms with E-state index in [1.165, 1.54) is 0 Å². The zero-order valence-corrected chi connectivity index (χ0v) is 17.6. The highest BCUT2D eigenvalue weighted by Gasteiger charge is 2.25. The lowest BCUT2D eigenvalue weighted by Gasteiger charge is -2.30. The fourth-order valence-electron chi connectivity index (χ4n) is 3.13. The molecule has 1 aliphatic rings. The quantitative estimate of drug-likeness (QED) is 0.410. The minimum atomic E-state index is -0.304. The molecule has 0 fully saturated rings. The van der Waals surface area contributed by atoms with Gasteiger partial charge in [0.2, 0.25) is 0 Å². The van der Waals surface area contributed by atoms with Crippen LogP contribution in [-0.4, -0.2) is 36.4 Å². The predicted molar refractivity (Wildman–Crippen MR) is 118 cm³/mol. The summed E-state index contributed by atoms with van der Waals surface area (Å²) in [6, 6.07) is 13.6. The highest BCUT2D eigenvalue weighted by molar-refractivity contribution is 7.99. The Morgan fingerprint density at radius 2 is 1.80 bits per heavy atom. The first kappa shape index (κ1) is 20.1. The van der Waals surface area contributed by atoms with Crippen molar-refractivity contribution >= 4 is 41.4 Å². The van der Waals surface area contributed by atoms with Crippen LogP contribution in [0.2, 0.25) is 0 Å². The molecular weight excluding hydrogens is 398 g/mol. The number of methoxy groups -OCH3 is 1. The van der Waals surface area contributed by atoms with Gasteiger partial charge in [0.25, 0.3) is 0 Å². The van der Waals surface area contributed by atoms with Gasteiger partial charge in [-0.3, -0.25) is 4.90 Å². The number of ether oxygens (including phenoxy) is 2. The SMILES string of the molecule is CCOC(=O)c1ccc(/C=C/c2ccc3c(c2)N(COC)c2nccnc2S3)cc1. The zero-order chi connectivity index (χ0) is 20.9. The number of esters is 1. The number of benzene rings is 2. The normalized spacial score (nSPS) is 12.5. The lowest BCUT2D eigenvalue weighted by molar-refractivity contribution is 0.0526. The minimum absolute atomic E-state index is 0.304. The van der Waals surface area contributed by atoms with Crippen LogP contribution in [-0.2, 0) is 9.47 Å². The summed E-state index contributed by atoms with van der Waals surface area (Å²) in [5, 5.41) is 0.868. The molecule has 0 spiro atoms. The van der Waals surface area contributed by atoms with Crippen LogP contribution in [0.4, 0.5) is 11.5 Å². The Morgan fingerprint density at radius 1 is 1.07 bits per heavy atom. The van der Waals surface area contributed by atoms with Crippen molar-refractivity contribution in [2.75, 3.05) is 25.3 Å². The van der Waals surface area contributed by atoms with Gasteiger partial charge in [-0.05, 0) is 42.3 Å². The Kier molecular flexibility index (Phi) is 6.11. The van der Waals surface area contributed by atoms with Gasteiger partial charge in [-0.2, -0.15) is 0 Å². The van der Waals surface area contributed by atoms with Crippen molar-refractivity contribution in [3.05, 3.63) is 71.5 Å². The van der Waals surface area contributed by atoms with E-state index in [-0.39, 0.29) is 5.97 Å². The summed E-state index contributed by atoms with van der Waals surface area (Å²) in [6.07, 6.45) is 7.45. The third-order valence-electron chi connectivity index (χ3n) is 4.53. The van der Waals surface area contributed by atoms with Gasteiger partial charge in [0.1, 0.15) is 11.8 Å². The number of hydrogen-bond donors (Lipinski definition) is 0. The number of rotatable bonds is 6. The third-order valence-corrected chi connectivity index (χ3v) is 5.58. The molecule has 3 aromatic rings. The molecule has 30 heavy (non-hydrogen) atoms. The lowest BCUT2D eigenvalue weighted by Crippen LogP contribution is -2.24. The molecule has 0 atom stereocenters. The van der Waals surface area contributed by atoms with E-state index in [1.54, 1.807) is 50.3 Å². The first-order valence-electron chi connectivity index (χ1n) is 9.54. The molecule has 1 aromatic heterocycles. The average Bonchev–Trinajstić information content (AvgIpc) is 2.78. The monoisotopic (exact) mass is 419 g/mol. The van der Waals surface area contributed by atoms with Crippen molar-refractivity contribution in [2.45, 2.75) is 16.8 Å². The Hall–Kier alpha value is -3.16. The molecule has 0 N–H and O–H groups in total. The summed E-state index contributed by atoms with van der Waals surface area (Å²) in [7, 11) is 1.67. The first-order valence-corrected chi connectivity index (χ1v) is 10.4. The van der Waals surface area contributed by atoms with Crippen molar-refractivity contribution in [3.8, 4) is 0 Å². The highest BCUT2D eigenvalue weighted by atomic mass is 32.2. The van der Waals surface area contributed by atoms with Gasteiger partial charge in [0.15, 0.2) is 5.82 Å². The number of hydrogen-bond acceptors (Lipinski definition) is 7. The van der Waals surface area contributed by atoms with Crippen LogP contribution in [0.3, 0.4) is 0 Å². The molecule has 6 nitrogen and oxygen atoms in total. The second-order valence-electron chi connectivity index (χ2n) is 6.54. The van der Waals surface area contributed by atoms with Gasteiger partial charge >= 0.3 is 5.97 Å². The molecule has 0 saturated carbocycles. The second kappa shape index (κ2) is 9.11.